The molecule has 0 aliphatic rings. The maximum Gasteiger partial charge on any atom is 0.185 e. The summed E-state index contributed by atoms with van der Waals surface area (Å²) in [6.07, 6.45) is 1.89. The molecule has 19 heavy (non-hydrogen) atoms. The lowest BCUT2D eigenvalue weighted by Gasteiger charge is -2.18. The molecule has 2 rings (SSSR count). The molecule has 0 bridgehead atoms. The number of hydrogen-bond donors (Lipinski definition) is 0. The van der Waals surface area contributed by atoms with Gasteiger partial charge in [-0.1, -0.05) is 0 Å². The van der Waals surface area contributed by atoms with E-state index >= 15 is 0 Å². The Balaban J connectivity index is 2.18. The molecule has 0 spiro atoms. The molecule has 102 valence electrons. The van der Waals surface area contributed by atoms with Crippen molar-refractivity contribution in [3.63, 3.8) is 0 Å². The normalized spacial score (nSPS) is 10.3. The molecule has 5 heteroatoms. The van der Waals surface area contributed by atoms with Gasteiger partial charge in [0, 0.05) is 36.3 Å². The van der Waals surface area contributed by atoms with E-state index in [0.717, 1.165) is 28.7 Å². The van der Waals surface area contributed by atoms with Gasteiger partial charge in [0.1, 0.15) is 11.5 Å². The molecule has 0 aliphatic carbocycles. The van der Waals surface area contributed by atoms with Crippen molar-refractivity contribution >= 4 is 16.5 Å². The first kappa shape index (κ1) is 13.7. The number of hydrogen-bond acceptors (Lipinski definition) is 5. The average molecular weight is 278 g/mol. The van der Waals surface area contributed by atoms with Gasteiger partial charge >= 0.3 is 0 Å². The van der Waals surface area contributed by atoms with Crippen molar-refractivity contribution in [1.82, 2.24) is 4.98 Å². The molecular formula is C14H18N2O2S. The van der Waals surface area contributed by atoms with Gasteiger partial charge in [-0.2, -0.15) is 0 Å². The van der Waals surface area contributed by atoms with Crippen LogP contribution in [0.3, 0.4) is 0 Å². The molecule has 0 radical (unpaired) electrons. The monoisotopic (exact) mass is 278 g/mol. The number of rotatable bonds is 5. The van der Waals surface area contributed by atoms with Gasteiger partial charge in [-0.3, -0.25) is 0 Å². The van der Waals surface area contributed by atoms with Crippen molar-refractivity contribution in [1.29, 1.82) is 0 Å². The maximum atomic E-state index is 5.41. The van der Waals surface area contributed by atoms with E-state index in [4.69, 9.17) is 9.47 Å². The van der Waals surface area contributed by atoms with Gasteiger partial charge in [0.15, 0.2) is 5.13 Å². The first-order valence-electron chi connectivity index (χ1n) is 5.98. The highest BCUT2D eigenvalue weighted by Crippen LogP contribution is 2.28. The predicted molar refractivity (Wildman–Crippen MR) is 78.5 cm³/mol. The van der Waals surface area contributed by atoms with E-state index in [1.54, 1.807) is 25.6 Å². The van der Waals surface area contributed by atoms with Gasteiger partial charge in [0.05, 0.1) is 14.2 Å². The highest BCUT2D eigenvalue weighted by Gasteiger charge is 2.10. The third kappa shape index (κ3) is 3.17. The number of thiazole rings is 1. The molecule has 4 nitrogen and oxygen atoms in total. The molecule has 1 aromatic carbocycles. The largest absolute Gasteiger partial charge is 0.497 e. The van der Waals surface area contributed by atoms with E-state index in [0.29, 0.717) is 0 Å². The van der Waals surface area contributed by atoms with Crippen LogP contribution in [-0.2, 0) is 6.54 Å². The Kier molecular flexibility index (Phi) is 4.27. The summed E-state index contributed by atoms with van der Waals surface area (Å²) in [7, 11) is 5.35. The fourth-order valence-corrected chi connectivity index (χ4v) is 2.54. The van der Waals surface area contributed by atoms with Crippen molar-refractivity contribution in [2.75, 3.05) is 26.2 Å². The smallest absolute Gasteiger partial charge is 0.185 e. The standard InChI is InChI=1S/C14H18N2O2S/c1-10-8-15-14(19-10)16(2)9-11-5-6-12(17-3)7-13(11)18-4/h5-8H,9H2,1-4H3. The minimum absolute atomic E-state index is 0.750. The maximum absolute atomic E-state index is 5.41. The molecule has 0 atom stereocenters. The minimum Gasteiger partial charge on any atom is -0.497 e. The molecule has 0 amide bonds. The summed E-state index contributed by atoms with van der Waals surface area (Å²) in [6, 6.07) is 5.86. The molecule has 0 saturated heterocycles. The zero-order valence-corrected chi connectivity index (χ0v) is 12.5. The van der Waals surface area contributed by atoms with Crippen LogP contribution in [0.4, 0.5) is 5.13 Å². The van der Waals surface area contributed by atoms with Gasteiger partial charge in [-0.05, 0) is 19.1 Å². The van der Waals surface area contributed by atoms with Crippen LogP contribution in [0.25, 0.3) is 0 Å². The quantitative estimate of drug-likeness (QED) is 0.841. The Morgan fingerprint density at radius 1 is 1.26 bits per heavy atom. The van der Waals surface area contributed by atoms with Gasteiger partial charge in [-0.25, -0.2) is 4.98 Å². The summed E-state index contributed by atoms with van der Waals surface area (Å²) in [5, 5.41) is 1.01. The third-order valence-electron chi connectivity index (χ3n) is 2.84. The second-order valence-corrected chi connectivity index (χ2v) is 5.50. The van der Waals surface area contributed by atoms with Crippen LogP contribution in [0, 0.1) is 6.92 Å². The van der Waals surface area contributed by atoms with Crippen LogP contribution in [0.2, 0.25) is 0 Å². The number of ether oxygens (including phenoxy) is 2. The Morgan fingerprint density at radius 3 is 2.63 bits per heavy atom. The molecule has 1 aromatic heterocycles. The Bertz CT molecular complexity index is 554. The summed E-state index contributed by atoms with van der Waals surface area (Å²) < 4.78 is 10.6. The second-order valence-electron chi connectivity index (χ2n) is 4.29. The summed E-state index contributed by atoms with van der Waals surface area (Å²) in [6.45, 7) is 2.81. The van der Waals surface area contributed by atoms with Crippen LogP contribution in [-0.4, -0.2) is 26.3 Å². The van der Waals surface area contributed by atoms with E-state index in [-0.39, 0.29) is 0 Å². The van der Waals surface area contributed by atoms with Crippen molar-refractivity contribution in [2.24, 2.45) is 0 Å². The average Bonchev–Trinajstić information content (AvgIpc) is 2.86. The van der Waals surface area contributed by atoms with Gasteiger partial charge < -0.3 is 14.4 Å². The topological polar surface area (TPSA) is 34.6 Å². The molecule has 0 N–H and O–H groups in total. The number of aryl methyl sites for hydroxylation is 1. The van der Waals surface area contributed by atoms with Crippen LogP contribution in [0.15, 0.2) is 24.4 Å². The lowest BCUT2D eigenvalue weighted by atomic mass is 10.2. The fraction of sp³-hybridized carbons (Fsp3) is 0.357. The fourth-order valence-electron chi connectivity index (χ4n) is 1.82. The van der Waals surface area contributed by atoms with Crippen molar-refractivity contribution in [3.8, 4) is 11.5 Å². The number of benzene rings is 1. The lowest BCUT2D eigenvalue weighted by molar-refractivity contribution is 0.391. The lowest BCUT2D eigenvalue weighted by Crippen LogP contribution is -2.16. The number of nitrogens with zero attached hydrogens (tertiary/aromatic N) is 2. The Morgan fingerprint density at radius 2 is 2.05 bits per heavy atom. The molecule has 0 aliphatic heterocycles. The summed E-state index contributed by atoms with van der Waals surface area (Å²) in [4.78, 5) is 7.70. The van der Waals surface area contributed by atoms with E-state index in [2.05, 4.69) is 16.8 Å². The van der Waals surface area contributed by atoms with E-state index in [9.17, 15) is 0 Å². The van der Waals surface area contributed by atoms with Crippen molar-refractivity contribution in [3.05, 3.63) is 34.8 Å². The van der Waals surface area contributed by atoms with E-state index in [1.165, 1.54) is 4.88 Å². The number of anilines is 1. The summed E-state index contributed by atoms with van der Waals surface area (Å²) >= 11 is 1.69. The second kappa shape index (κ2) is 5.93. The van der Waals surface area contributed by atoms with Crippen LogP contribution < -0.4 is 14.4 Å². The highest BCUT2D eigenvalue weighted by molar-refractivity contribution is 7.15. The summed E-state index contributed by atoms with van der Waals surface area (Å²) in [5.41, 5.74) is 1.11. The van der Waals surface area contributed by atoms with Crippen molar-refractivity contribution < 1.29 is 9.47 Å². The Hall–Kier alpha value is -1.75. The molecule has 0 fully saturated rings. The predicted octanol–water partition coefficient (Wildman–Crippen LogP) is 3.11. The Labute approximate surface area is 117 Å². The van der Waals surface area contributed by atoms with Crippen LogP contribution in [0.1, 0.15) is 10.4 Å². The van der Waals surface area contributed by atoms with Crippen molar-refractivity contribution in [2.45, 2.75) is 13.5 Å². The first-order chi connectivity index (χ1) is 9.13. The van der Waals surface area contributed by atoms with E-state index < -0.39 is 0 Å². The van der Waals surface area contributed by atoms with Gasteiger partial charge in [0.25, 0.3) is 0 Å². The SMILES string of the molecule is COc1ccc(CN(C)c2ncc(C)s2)c(OC)c1. The number of methoxy groups -OCH3 is 2. The number of aromatic nitrogens is 1. The van der Waals surface area contributed by atoms with E-state index in [1.807, 2.05) is 31.4 Å². The molecular weight excluding hydrogens is 260 g/mol. The zero-order valence-electron chi connectivity index (χ0n) is 11.6. The zero-order chi connectivity index (χ0) is 13.8. The minimum atomic E-state index is 0.750. The van der Waals surface area contributed by atoms with Crippen LogP contribution >= 0.6 is 11.3 Å². The molecule has 1 heterocycles. The first-order valence-corrected chi connectivity index (χ1v) is 6.80. The third-order valence-corrected chi connectivity index (χ3v) is 3.86. The van der Waals surface area contributed by atoms with Gasteiger partial charge in [0.2, 0.25) is 0 Å². The van der Waals surface area contributed by atoms with Crippen LogP contribution in [0.5, 0.6) is 11.5 Å². The molecule has 2 aromatic rings. The molecule has 0 unspecified atom stereocenters. The molecule has 0 saturated carbocycles. The highest BCUT2D eigenvalue weighted by atomic mass is 32.1. The summed E-state index contributed by atoms with van der Waals surface area (Å²) in [5.74, 6) is 1.63. The van der Waals surface area contributed by atoms with Gasteiger partial charge in [-0.15, -0.1) is 11.3 Å².